The highest BCUT2D eigenvalue weighted by atomic mass is 16.5. The van der Waals surface area contributed by atoms with E-state index in [4.69, 9.17) is 9.47 Å². The Kier molecular flexibility index (Phi) is 2.82. The molecule has 2 aromatic rings. The van der Waals surface area contributed by atoms with E-state index >= 15 is 0 Å². The highest BCUT2D eigenvalue weighted by Crippen LogP contribution is 2.41. The summed E-state index contributed by atoms with van der Waals surface area (Å²) in [6, 6.07) is 6.98. The maximum atomic E-state index is 11.5. The highest BCUT2D eigenvalue weighted by Gasteiger charge is 2.26. The third kappa shape index (κ3) is 1.87. The fourth-order valence-electron chi connectivity index (χ4n) is 2.31. The molecule has 5 nitrogen and oxygen atoms in total. The molecule has 2 heterocycles. The van der Waals surface area contributed by atoms with Crippen molar-refractivity contribution in [2.24, 2.45) is 0 Å². The molecule has 0 unspecified atom stereocenters. The van der Waals surface area contributed by atoms with Crippen LogP contribution in [0.3, 0.4) is 0 Å². The normalized spacial score (nSPS) is 12.1. The third-order valence-electron chi connectivity index (χ3n) is 3.28. The molecule has 1 aliphatic rings. The molecule has 20 heavy (non-hydrogen) atoms. The zero-order chi connectivity index (χ0) is 14.3. The van der Waals surface area contributed by atoms with Crippen molar-refractivity contribution in [2.75, 3.05) is 7.11 Å². The van der Waals surface area contributed by atoms with E-state index in [0.29, 0.717) is 29.4 Å². The number of aromatic nitrogens is 1. The van der Waals surface area contributed by atoms with Crippen LogP contribution in [0.1, 0.15) is 21.6 Å². The Morgan fingerprint density at radius 3 is 2.90 bits per heavy atom. The molecule has 0 amide bonds. The predicted octanol–water partition coefficient (Wildman–Crippen LogP) is 2.66. The van der Waals surface area contributed by atoms with E-state index in [-0.39, 0.29) is 5.56 Å². The number of fused-ring (bicyclic) bond motifs is 3. The number of aromatic carboxylic acids is 1. The van der Waals surface area contributed by atoms with E-state index in [1.165, 1.54) is 13.2 Å². The Morgan fingerprint density at radius 1 is 1.40 bits per heavy atom. The molecule has 3 rings (SSSR count). The molecule has 0 radical (unpaired) electrons. The van der Waals surface area contributed by atoms with E-state index in [9.17, 15) is 9.90 Å². The number of methoxy groups -OCH3 is 1. The standard InChI is InChI=1S/C15H13NO4/c1-8-3-4-9-7-20-12-6-10(19-2)5-11(15(17)18)13(12)14(9)16-8/h3-6H,7H2,1-2H3,(H,17,18). The van der Waals surface area contributed by atoms with Crippen LogP contribution in [-0.4, -0.2) is 23.2 Å². The lowest BCUT2D eigenvalue weighted by molar-refractivity contribution is 0.0696. The summed E-state index contributed by atoms with van der Waals surface area (Å²) in [6.07, 6.45) is 0. The van der Waals surface area contributed by atoms with Crippen LogP contribution in [0.4, 0.5) is 0 Å². The van der Waals surface area contributed by atoms with Crippen molar-refractivity contribution in [3.05, 3.63) is 41.1 Å². The van der Waals surface area contributed by atoms with Gasteiger partial charge in [0.05, 0.1) is 23.9 Å². The minimum Gasteiger partial charge on any atom is -0.497 e. The summed E-state index contributed by atoms with van der Waals surface area (Å²) in [5.74, 6) is -0.0792. The van der Waals surface area contributed by atoms with Gasteiger partial charge in [0.2, 0.25) is 0 Å². The van der Waals surface area contributed by atoms with Gasteiger partial charge in [-0.05, 0) is 19.1 Å². The van der Waals surface area contributed by atoms with Gasteiger partial charge in [0, 0.05) is 17.3 Å². The van der Waals surface area contributed by atoms with E-state index in [1.807, 2.05) is 19.1 Å². The van der Waals surface area contributed by atoms with Gasteiger partial charge in [0.25, 0.3) is 0 Å². The van der Waals surface area contributed by atoms with Crippen LogP contribution >= 0.6 is 0 Å². The average molecular weight is 271 g/mol. The molecule has 0 fully saturated rings. The van der Waals surface area contributed by atoms with Crippen molar-refractivity contribution in [1.82, 2.24) is 4.98 Å². The quantitative estimate of drug-likeness (QED) is 0.909. The van der Waals surface area contributed by atoms with Crippen LogP contribution in [0.5, 0.6) is 11.5 Å². The first-order valence-corrected chi connectivity index (χ1v) is 6.15. The smallest absolute Gasteiger partial charge is 0.336 e. The lowest BCUT2D eigenvalue weighted by Crippen LogP contribution is -2.12. The number of ether oxygens (including phenoxy) is 2. The maximum Gasteiger partial charge on any atom is 0.336 e. The number of aryl methyl sites for hydroxylation is 1. The number of hydrogen-bond acceptors (Lipinski definition) is 4. The molecular formula is C15H13NO4. The fraction of sp³-hybridized carbons (Fsp3) is 0.200. The number of carboxylic acids is 1. The van der Waals surface area contributed by atoms with Crippen molar-refractivity contribution in [3.8, 4) is 22.8 Å². The molecule has 0 bridgehead atoms. The van der Waals surface area contributed by atoms with Gasteiger partial charge in [-0.25, -0.2) is 4.79 Å². The number of rotatable bonds is 2. The summed E-state index contributed by atoms with van der Waals surface area (Å²) in [4.78, 5) is 16.0. The molecule has 102 valence electrons. The Bertz CT molecular complexity index is 709. The van der Waals surface area contributed by atoms with Gasteiger partial charge in [0.15, 0.2) is 0 Å². The summed E-state index contributed by atoms with van der Waals surface area (Å²) in [7, 11) is 1.49. The van der Waals surface area contributed by atoms with Crippen molar-refractivity contribution in [1.29, 1.82) is 0 Å². The van der Waals surface area contributed by atoms with Crippen LogP contribution in [0.25, 0.3) is 11.3 Å². The van der Waals surface area contributed by atoms with Crippen LogP contribution < -0.4 is 9.47 Å². The first-order chi connectivity index (χ1) is 9.60. The average Bonchev–Trinajstić information content (AvgIpc) is 2.45. The molecule has 1 N–H and O–H groups in total. The maximum absolute atomic E-state index is 11.5. The summed E-state index contributed by atoms with van der Waals surface area (Å²) in [5, 5.41) is 9.42. The van der Waals surface area contributed by atoms with E-state index in [0.717, 1.165) is 11.3 Å². The summed E-state index contributed by atoms with van der Waals surface area (Å²) < 4.78 is 10.8. The third-order valence-corrected chi connectivity index (χ3v) is 3.28. The number of carboxylic acid groups (broad SMARTS) is 1. The van der Waals surface area contributed by atoms with Gasteiger partial charge in [-0.15, -0.1) is 0 Å². The monoisotopic (exact) mass is 271 g/mol. The van der Waals surface area contributed by atoms with Crippen LogP contribution in [0.15, 0.2) is 24.3 Å². The summed E-state index contributed by atoms with van der Waals surface area (Å²) in [6.45, 7) is 2.25. The Labute approximate surface area is 115 Å². The van der Waals surface area contributed by atoms with Crippen LogP contribution in [-0.2, 0) is 6.61 Å². The Hall–Kier alpha value is -2.56. The van der Waals surface area contributed by atoms with Crippen molar-refractivity contribution in [3.63, 3.8) is 0 Å². The highest BCUT2D eigenvalue weighted by molar-refractivity contribution is 5.98. The number of nitrogens with zero attached hydrogens (tertiary/aromatic N) is 1. The molecule has 0 aliphatic carbocycles. The molecule has 1 aromatic heterocycles. The van der Waals surface area contributed by atoms with Gasteiger partial charge in [0.1, 0.15) is 18.1 Å². The summed E-state index contributed by atoms with van der Waals surface area (Å²) >= 11 is 0. The molecule has 0 saturated heterocycles. The number of carbonyl (C=O) groups is 1. The molecule has 5 heteroatoms. The number of hydrogen-bond donors (Lipinski definition) is 1. The largest absolute Gasteiger partial charge is 0.497 e. The van der Waals surface area contributed by atoms with Crippen molar-refractivity contribution >= 4 is 5.97 Å². The van der Waals surface area contributed by atoms with E-state index < -0.39 is 5.97 Å². The lowest BCUT2D eigenvalue weighted by Gasteiger charge is -2.22. The molecule has 0 atom stereocenters. The van der Waals surface area contributed by atoms with E-state index in [1.54, 1.807) is 6.07 Å². The van der Waals surface area contributed by atoms with Gasteiger partial charge in [-0.2, -0.15) is 0 Å². The first kappa shape index (κ1) is 12.5. The van der Waals surface area contributed by atoms with Gasteiger partial charge in [-0.1, -0.05) is 6.07 Å². The Balaban J connectivity index is 2.32. The first-order valence-electron chi connectivity index (χ1n) is 6.15. The number of benzene rings is 1. The lowest BCUT2D eigenvalue weighted by atomic mass is 9.96. The Morgan fingerprint density at radius 2 is 2.20 bits per heavy atom. The molecule has 0 spiro atoms. The second-order valence-electron chi connectivity index (χ2n) is 4.60. The van der Waals surface area contributed by atoms with Gasteiger partial charge in [-0.3, -0.25) is 4.98 Å². The molecular weight excluding hydrogens is 258 g/mol. The second kappa shape index (κ2) is 4.52. The van der Waals surface area contributed by atoms with Crippen molar-refractivity contribution < 1.29 is 19.4 Å². The topological polar surface area (TPSA) is 68.7 Å². The van der Waals surface area contributed by atoms with Gasteiger partial charge >= 0.3 is 5.97 Å². The minimum absolute atomic E-state index is 0.137. The van der Waals surface area contributed by atoms with Crippen LogP contribution in [0, 0.1) is 6.92 Å². The SMILES string of the molecule is COc1cc2c(c(C(=O)O)c1)-c1nc(C)ccc1CO2. The van der Waals surface area contributed by atoms with Gasteiger partial charge < -0.3 is 14.6 Å². The summed E-state index contributed by atoms with van der Waals surface area (Å²) in [5.41, 5.74) is 3.05. The molecule has 1 aromatic carbocycles. The number of pyridine rings is 1. The zero-order valence-corrected chi connectivity index (χ0v) is 11.1. The van der Waals surface area contributed by atoms with Crippen molar-refractivity contribution in [2.45, 2.75) is 13.5 Å². The zero-order valence-electron chi connectivity index (χ0n) is 11.1. The predicted molar refractivity (Wildman–Crippen MR) is 72.3 cm³/mol. The molecule has 0 saturated carbocycles. The van der Waals surface area contributed by atoms with Crippen LogP contribution in [0.2, 0.25) is 0 Å². The fourth-order valence-corrected chi connectivity index (χ4v) is 2.31. The minimum atomic E-state index is -1.03. The molecule has 1 aliphatic heterocycles. The van der Waals surface area contributed by atoms with E-state index in [2.05, 4.69) is 4.98 Å². The second-order valence-corrected chi connectivity index (χ2v) is 4.60.